The number of para-hydroxylation sites is 1. The maximum atomic E-state index is 12.5. The lowest BCUT2D eigenvalue weighted by Gasteiger charge is -2.10. The van der Waals surface area contributed by atoms with Gasteiger partial charge >= 0.3 is 0 Å². The van der Waals surface area contributed by atoms with Crippen LogP contribution in [-0.2, 0) is 4.79 Å². The summed E-state index contributed by atoms with van der Waals surface area (Å²) in [7, 11) is 0. The molecule has 0 spiro atoms. The van der Waals surface area contributed by atoms with Crippen molar-refractivity contribution in [1.82, 2.24) is 5.32 Å². The Morgan fingerprint density at radius 1 is 1.14 bits per heavy atom. The lowest BCUT2D eigenvalue weighted by Crippen LogP contribution is -2.19. The maximum absolute atomic E-state index is 12.5. The molecule has 142 valence electrons. The van der Waals surface area contributed by atoms with Crippen LogP contribution in [0.3, 0.4) is 0 Å². The molecular formula is C23H15ClN2O2S. The predicted molar refractivity (Wildman–Crippen MR) is 121 cm³/mol. The Balaban J connectivity index is 1.74. The first-order chi connectivity index (χ1) is 14.2. The zero-order chi connectivity index (χ0) is 20.2. The van der Waals surface area contributed by atoms with Gasteiger partial charge in [-0.15, -0.1) is 6.42 Å². The number of rotatable bonds is 4. The van der Waals surface area contributed by atoms with E-state index in [9.17, 15) is 4.79 Å². The minimum absolute atomic E-state index is 0.146. The fourth-order valence-electron chi connectivity index (χ4n) is 2.93. The molecule has 0 atom stereocenters. The number of aliphatic imine (C=N–C) groups is 1. The summed E-state index contributed by atoms with van der Waals surface area (Å²) in [5.41, 5.74) is 1.40. The van der Waals surface area contributed by atoms with Gasteiger partial charge in [0.2, 0.25) is 0 Å². The molecule has 3 aromatic carbocycles. The molecular weight excluding hydrogens is 404 g/mol. The third-order valence-electron chi connectivity index (χ3n) is 4.24. The van der Waals surface area contributed by atoms with E-state index in [4.69, 9.17) is 22.8 Å². The van der Waals surface area contributed by atoms with Crippen LogP contribution in [0.2, 0.25) is 5.02 Å². The van der Waals surface area contributed by atoms with Crippen LogP contribution in [0.25, 0.3) is 16.8 Å². The van der Waals surface area contributed by atoms with E-state index < -0.39 is 0 Å². The number of thioether (sulfide) groups is 1. The van der Waals surface area contributed by atoms with E-state index in [1.165, 1.54) is 11.8 Å². The minimum atomic E-state index is -0.225. The van der Waals surface area contributed by atoms with E-state index in [1.807, 2.05) is 54.6 Å². The van der Waals surface area contributed by atoms with E-state index in [2.05, 4.69) is 16.2 Å². The number of carbonyl (C=O) groups excluding carboxylic acids is 1. The summed E-state index contributed by atoms with van der Waals surface area (Å²) in [5, 5.41) is 5.79. The molecule has 1 fully saturated rings. The first-order valence-corrected chi connectivity index (χ1v) is 9.97. The van der Waals surface area contributed by atoms with Gasteiger partial charge in [-0.1, -0.05) is 60.0 Å². The average Bonchev–Trinajstić information content (AvgIpc) is 3.08. The molecule has 0 bridgehead atoms. The first-order valence-electron chi connectivity index (χ1n) is 8.78. The van der Waals surface area contributed by atoms with E-state index >= 15 is 0 Å². The van der Waals surface area contributed by atoms with Gasteiger partial charge in [-0.25, -0.2) is 4.99 Å². The number of nitrogens with zero attached hydrogens (tertiary/aromatic N) is 1. The molecule has 4 nitrogen and oxygen atoms in total. The van der Waals surface area contributed by atoms with Gasteiger partial charge in [0, 0.05) is 5.56 Å². The number of hydrogen-bond acceptors (Lipinski definition) is 4. The third kappa shape index (κ3) is 4.14. The number of amidine groups is 1. The molecule has 1 heterocycles. The van der Waals surface area contributed by atoms with Gasteiger partial charge in [0.15, 0.2) is 5.17 Å². The first kappa shape index (κ1) is 19.1. The van der Waals surface area contributed by atoms with Crippen LogP contribution in [0.15, 0.2) is 70.6 Å². The molecule has 3 aromatic rings. The Morgan fingerprint density at radius 3 is 2.76 bits per heavy atom. The highest BCUT2D eigenvalue weighted by molar-refractivity contribution is 8.18. The number of hydrogen-bond donors (Lipinski definition) is 1. The smallest absolute Gasteiger partial charge is 0.264 e. The van der Waals surface area contributed by atoms with Crippen molar-refractivity contribution >= 4 is 57.0 Å². The standard InChI is InChI=1S/C23H15ClN2O2S/c1-2-13-28-20-12-11-15-7-3-4-8-16(15)17(20)14-21-22(27)26-23(29-21)25-19-10-6-5-9-18(19)24/h1,3-12,14H,13H2,(H,25,26,27)/b21-14-. The number of benzene rings is 3. The van der Waals surface area contributed by atoms with E-state index in [0.717, 1.165) is 16.3 Å². The number of fused-ring (bicyclic) bond motifs is 1. The summed E-state index contributed by atoms with van der Waals surface area (Å²) in [6.07, 6.45) is 7.15. The van der Waals surface area contributed by atoms with Crippen LogP contribution in [0.4, 0.5) is 5.69 Å². The van der Waals surface area contributed by atoms with Crippen LogP contribution in [0.5, 0.6) is 5.75 Å². The van der Waals surface area contributed by atoms with E-state index in [0.29, 0.717) is 26.5 Å². The second-order valence-corrected chi connectivity index (χ2v) is 7.56. The Morgan fingerprint density at radius 2 is 1.93 bits per heavy atom. The van der Waals surface area contributed by atoms with E-state index in [-0.39, 0.29) is 12.5 Å². The van der Waals surface area contributed by atoms with Gasteiger partial charge in [-0.3, -0.25) is 4.79 Å². The van der Waals surface area contributed by atoms with Crippen LogP contribution >= 0.6 is 23.4 Å². The van der Waals surface area contributed by atoms with Gasteiger partial charge in [-0.05, 0) is 46.8 Å². The van der Waals surface area contributed by atoms with Gasteiger partial charge in [-0.2, -0.15) is 0 Å². The van der Waals surface area contributed by atoms with Crippen LogP contribution in [0.1, 0.15) is 5.56 Å². The van der Waals surface area contributed by atoms with Gasteiger partial charge in [0.1, 0.15) is 12.4 Å². The zero-order valence-electron chi connectivity index (χ0n) is 15.2. The van der Waals surface area contributed by atoms with E-state index in [1.54, 1.807) is 12.1 Å². The van der Waals surface area contributed by atoms with Gasteiger partial charge in [0.25, 0.3) is 5.91 Å². The van der Waals surface area contributed by atoms with Gasteiger partial charge < -0.3 is 10.1 Å². The number of terminal acetylenes is 1. The molecule has 0 aromatic heterocycles. The Kier molecular flexibility index (Phi) is 5.57. The van der Waals surface area contributed by atoms with Crippen molar-refractivity contribution in [3.63, 3.8) is 0 Å². The fourth-order valence-corrected chi connectivity index (χ4v) is 3.93. The molecule has 1 saturated heterocycles. The molecule has 0 aliphatic carbocycles. The van der Waals surface area contributed by atoms with Crippen molar-refractivity contribution < 1.29 is 9.53 Å². The molecule has 1 aliphatic heterocycles. The summed E-state index contributed by atoms with van der Waals surface area (Å²) in [6, 6.07) is 19.0. The molecule has 0 saturated carbocycles. The van der Waals surface area contributed by atoms with Crippen LogP contribution in [-0.4, -0.2) is 17.7 Å². The highest BCUT2D eigenvalue weighted by atomic mass is 35.5. The molecule has 0 radical (unpaired) electrons. The Labute approximate surface area is 177 Å². The second kappa shape index (κ2) is 8.44. The summed E-state index contributed by atoms with van der Waals surface area (Å²) < 4.78 is 5.71. The number of nitrogens with one attached hydrogen (secondary N) is 1. The molecule has 29 heavy (non-hydrogen) atoms. The van der Waals surface area contributed by atoms with Crippen molar-refractivity contribution in [3.05, 3.63) is 76.2 Å². The van der Waals surface area contributed by atoms with Gasteiger partial charge in [0.05, 0.1) is 15.6 Å². The molecule has 1 aliphatic rings. The quantitative estimate of drug-likeness (QED) is 0.456. The highest BCUT2D eigenvalue weighted by Crippen LogP contribution is 2.35. The largest absolute Gasteiger partial charge is 0.480 e. The lowest BCUT2D eigenvalue weighted by atomic mass is 10.0. The van der Waals surface area contributed by atoms with Crippen molar-refractivity contribution in [2.75, 3.05) is 6.61 Å². The molecule has 1 N–H and O–H groups in total. The van der Waals surface area contributed by atoms with Crippen molar-refractivity contribution in [2.45, 2.75) is 0 Å². The highest BCUT2D eigenvalue weighted by Gasteiger charge is 2.25. The second-order valence-electron chi connectivity index (χ2n) is 6.12. The normalized spacial score (nSPS) is 16.2. The minimum Gasteiger partial charge on any atom is -0.480 e. The monoisotopic (exact) mass is 418 g/mol. The predicted octanol–water partition coefficient (Wildman–Crippen LogP) is 5.40. The average molecular weight is 419 g/mol. The number of amides is 1. The lowest BCUT2D eigenvalue weighted by molar-refractivity contribution is -0.115. The molecule has 0 unspecified atom stereocenters. The summed E-state index contributed by atoms with van der Waals surface area (Å²) in [4.78, 5) is 17.5. The maximum Gasteiger partial charge on any atom is 0.264 e. The Hall–Kier alpha value is -3.20. The summed E-state index contributed by atoms with van der Waals surface area (Å²) in [5.74, 6) is 2.87. The molecule has 4 rings (SSSR count). The van der Waals surface area contributed by atoms with Crippen molar-refractivity contribution in [3.8, 4) is 18.1 Å². The van der Waals surface area contributed by atoms with Crippen LogP contribution in [0, 0.1) is 12.3 Å². The number of ether oxygens (including phenoxy) is 1. The topological polar surface area (TPSA) is 50.7 Å². The molecule has 1 amide bonds. The molecule has 6 heteroatoms. The van der Waals surface area contributed by atoms with Crippen molar-refractivity contribution in [2.24, 2.45) is 4.99 Å². The SMILES string of the molecule is C#CCOc1ccc2ccccc2c1/C=C1\SC(=Nc2ccccc2Cl)NC1=O. The van der Waals surface area contributed by atoms with Crippen molar-refractivity contribution in [1.29, 1.82) is 0 Å². The summed E-state index contributed by atoms with van der Waals surface area (Å²) in [6.45, 7) is 0.146. The zero-order valence-corrected chi connectivity index (χ0v) is 16.8. The third-order valence-corrected chi connectivity index (χ3v) is 5.47. The Bertz CT molecular complexity index is 1210. The number of carbonyl (C=O) groups is 1. The number of halogens is 1. The fraction of sp³-hybridized carbons (Fsp3) is 0.0435. The summed E-state index contributed by atoms with van der Waals surface area (Å²) >= 11 is 7.42. The van der Waals surface area contributed by atoms with Crippen LogP contribution < -0.4 is 10.1 Å².